The lowest BCUT2D eigenvalue weighted by Crippen LogP contribution is -2.18. The number of ether oxygens (including phenoxy) is 2. The van der Waals surface area contributed by atoms with E-state index in [4.69, 9.17) is 13.9 Å². The molecular formula is C21H16FNO6. The van der Waals surface area contributed by atoms with Gasteiger partial charge < -0.3 is 19.2 Å². The molecule has 0 aliphatic heterocycles. The van der Waals surface area contributed by atoms with Crippen LogP contribution in [0.2, 0.25) is 0 Å². The molecule has 2 aromatic carbocycles. The fraction of sp³-hybridized carbons (Fsp3) is 0.0952. The zero-order valence-corrected chi connectivity index (χ0v) is 15.3. The molecule has 0 saturated carbocycles. The highest BCUT2D eigenvalue weighted by atomic mass is 19.1. The van der Waals surface area contributed by atoms with Gasteiger partial charge in [0.15, 0.2) is 12.4 Å². The van der Waals surface area contributed by atoms with Gasteiger partial charge in [-0.3, -0.25) is 9.59 Å². The smallest absolute Gasteiger partial charge is 0.340 e. The predicted octanol–water partition coefficient (Wildman–Crippen LogP) is 3.72. The lowest BCUT2D eigenvalue weighted by atomic mass is 10.1. The molecule has 0 atom stereocenters. The first kappa shape index (κ1) is 19.8. The summed E-state index contributed by atoms with van der Waals surface area (Å²) in [6.07, 6.45) is 1.35. The van der Waals surface area contributed by atoms with Crippen molar-refractivity contribution in [1.29, 1.82) is 0 Å². The zero-order chi connectivity index (χ0) is 20.8. The van der Waals surface area contributed by atoms with E-state index in [-0.39, 0.29) is 28.3 Å². The van der Waals surface area contributed by atoms with Crippen molar-refractivity contribution in [1.82, 2.24) is 0 Å². The van der Waals surface area contributed by atoms with Gasteiger partial charge in [0.2, 0.25) is 5.78 Å². The third-order valence-corrected chi connectivity index (χ3v) is 3.94. The van der Waals surface area contributed by atoms with Gasteiger partial charge in [0, 0.05) is 0 Å². The van der Waals surface area contributed by atoms with Crippen molar-refractivity contribution >= 4 is 23.3 Å². The standard InChI is InChI=1S/C21H16FNO6/c1-27-18-9-8-13(22)11-15(18)17(24)12-29-21(26)14-5-2-3-6-16(14)23-20(25)19-7-4-10-28-19/h2-11H,12H2,1H3,(H,23,25). The van der Waals surface area contributed by atoms with Crippen LogP contribution in [-0.2, 0) is 4.74 Å². The van der Waals surface area contributed by atoms with E-state index in [9.17, 15) is 18.8 Å². The van der Waals surface area contributed by atoms with Gasteiger partial charge in [-0.15, -0.1) is 0 Å². The number of Topliss-reactive ketones (excluding diaryl/α,β-unsaturated/α-hetero) is 1. The Morgan fingerprint density at radius 3 is 2.55 bits per heavy atom. The van der Waals surface area contributed by atoms with Crippen LogP contribution < -0.4 is 10.1 Å². The first-order valence-electron chi connectivity index (χ1n) is 8.47. The second-order valence-electron chi connectivity index (χ2n) is 5.82. The maximum atomic E-state index is 13.4. The van der Waals surface area contributed by atoms with Gasteiger partial charge in [-0.2, -0.15) is 0 Å². The van der Waals surface area contributed by atoms with Crippen LogP contribution >= 0.6 is 0 Å². The van der Waals surface area contributed by atoms with Crippen molar-refractivity contribution in [3.05, 3.63) is 83.6 Å². The molecule has 1 aromatic heterocycles. The average Bonchev–Trinajstić information content (AvgIpc) is 3.27. The SMILES string of the molecule is COc1ccc(F)cc1C(=O)COC(=O)c1ccccc1NC(=O)c1ccco1. The molecule has 0 bridgehead atoms. The molecule has 148 valence electrons. The van der Waals surface area contributed by atoms with Crippen LogP contribution in [0.5, 0.6) is 5.75 Å². The lowest BCUT2D eigenvalue weighted by molar-refractivity contribution is 0.0475. The molecule has 1 heterocycles. The number of ketones is 1. The predicted molar refractivity (Wildman–Crippen MR) is 101 cm³/mol. The summed E-state index contributed by atoms with van der Waals surface area (Å²) in [6, 6.07) is 12.6. The minimum absolute atomic E-state index is 0.0419. The van der Waals surface area contributed by atoms with E-state index in [1.165, 1.54) is 37.6 Å². The number of hydrogen-bond acceptors (Lipinski definition) is 6. The van der Waals surface area contributed by atoms with Crippen LogP contribution in [-0.4, -0.2) is 31.4 Å². The summed E-state index contributed by atoms with van der Waals surface area (Å²) in [5.41, 5.74) is 0.195. The quantitative estimate of drug-likeness (QED) is 0.482. The lowest BCUT2D eigenvalue weighted by Gasteiger charge is -2.11. The Morgan fingerprint density at radius 2 is 1.83 bits per heavy atom. The number of carbonyl (C=O) groups excluding carboxylic acids is 3. The van der Waals surface area contributed by atoms with Gasteiger partial charge in [0.05, 0.1) is 30.2 Å². The minimum atomic E-state index is -0.830. The number of anilines is 1. The fourth-order valence-corrected chi connectivity index (χ4v) is 2.55. The maximum Gasteiger partial charge on any atom is 0.340 e. The van der Waals surface area contributed by atoms with Crippen LogP contribution in [0.1, 0.15) is 31.3 Å². The van der Waals surface area contributed by atoms with Crippen LogP contribution in [0.4, 0.5) is 10.1 Å². The number of amides is 1. The summed E-state index contributed by atoms with van der Waals surface area (Å²) in [5.74, 6) is -2.39. The highest BCUT2D eigenvalue weighted by molar-refractivity contribution is 6.07. The number of halogens is 1. The Labute approximate surface area is 165 Å². The molecule has 1 amide bonds. The summed E-state index contributed by atoms with van der Waals surface area (Å²) >= 11 is 0. The number of para-hydroxylation sites is 1. The molecule has 0 spiro atoms. The molecule has 3 aromatic rings. The fourth-order valence-electron chi connectivity index (χ4n) is 2.55. The van der Waals surface area contributed by atoms with E-state index >= 15 is 0 Å². The van der Waals surface area contributed by atoms with Gasteiger partial charge in [-0.1, -0.05) is 12.1 Å². The van der Waals surface area contributed by atoms with Crippen LogP contribution in [0.3, 0.4) is 0 Å². The van der Waals surface area contributed by atoms with Gasteiger partial charge in [0.25, 0.3) is 5.91 Å². The van der Waals surface area contributed by atoms with Crippen molar-refractivity contribution in [2.45, 2.75) is 0 Å². The molecule has 3 rings (SSSR count). The molecule has 0 unspecified atom stereocenters. The van der Waals surface area contributed by atoms with E-state index < -0.39 is 30.1 Å². The number of carbonyl (C=O) groups is 3. The topological polar surface area (TPSA) is 94.8 Å². The largest absolute Gasteiger partial charge is 0.496 e. The molecular weight excluding hydrogens is 381 g/mol. The number of rotatable bonds is 7. The van der Waals surface area contributed by atoms with Gasteiger partial charge >= 0.3 is 5.97 Å². The Morgan fingerprint density at radius 1 is 1.03 bits per heavy atom. The minimum Gasteiger partial charge on any atom is -0.496 e. The molecule has 29 heavy (non-hydrogen) atoms. The molecule has 7 nitrogen and oxygen atoms in total. The summed E-state index contributed by atoms with van der Waals surface area (Å²) in [4.78, 5) is 36.9. The highest BCUT2D eigenvalue weighted by Crippen LogP contribution is 2.21. The first-order valence-corrected chi connectivity index (χ1v) is 8.47. The van der Waals surface area contributed by atoms with Crippen molar-refractivity contribution in [2.75, 3.05) is 19.0 Å². The van der Waals surface area contributed by atoms with E-state index in [0.29, 0.717) is 0 Å². The third-order valence-electron chi connectivity index (χ3n) is 3.94. The molecule has 8 heteroatoms. The summed E-state index contributed by atoms with van der Waals surface area (Å²) in [5, 5.41) is 2.55. The van der Waals surface area contributed by atoms with Crippen molar-refractivity contribution in [3.8, 4) is 5.75 Å². The molecule has 0 saturated heterocycles. The summed E-state index contributed by atoms with van der Waals surface area (Å²) < 4.78 is 28.5. The Bertz CT molecular complexity index is 1050. The molecule has 1 N–H and O–H groups in total. The van der Waals surface area contributed by atoms with Crippen LogP contribution in [0.15, 0.2) is 65.3 Å². The molecule has 0 fully saturated rings. The first-order chi connectivity index (χ1) is 14.0. The number of furan rings is 1. The second kappa shape index (κ2) is 8.83. The monoisotopic (exact) mass is 397 g/mol. The molecule has 0 aliphatic rings. The summed E-state index contributed by atoms with van der Waals surface area (Å²) in [6.45, 7) is -0.626. The van der Waals surface area contributed by atoms with E-state index in [1.54, 1.807) is 18.2 Å². The zero-order valence-electron chi connectivity index (χ0n) is 15.3. The van der Waals surface area contributed by atoms with Crippen LogP contribution in [0.25, 0.3) is 0 Å². The Balaban J connectivity index is 1.71. The number of hydrogen-bond donors (Lipinski definition) is 1. The summed E-state index contributed by atoms with van der Waals surface area (Å²) in [7, 11) is 1.34. The van der Waals surface area contributed by atoms with Crippen molar-refractivity contribution < 1.29 is 32.7 Å². The van der Waals surface area contributed by atoms with Crippen molar-refractivity contribution in [2.24, 2.45) is 0 Å². The number of benzene rings is 2. The Hall–Kier alpha value is -3.94. The van der Waals surface area contributed by atoms with Gasteiger partial charge in [-0.25, -0.2) is 9.18 Å². The van der Waals surface area contributed by atoms with Crippen molar-refractivity contribution in [3.63, 3.8) is 0 Å². The van der Waals surface area contributed by atoms with E-state index in [1.807, 2.05) is 0 Å². The highest BCUT2D eigenvalue weighted by Gasteiger charge is 2.19. The average molecular weight is 397 g/mol. The van der Waals surface area contributed by atoms with E-state index in [0.717, 1.165) is 12.1 Å². The van der Waals surface area contributed by atoms with E-state index in [2.05, 4.69) is 5.32 Å². The molecule has 0 radical (unpaired) electrons. The van der Waals surface area contributed by atoms with Gasteiger partial charge in [-0.05, 0) is 42.5 Å². The number of methoxy groups -OCH3 is 1. The number of nitrogens with one attached hydrogen (secondary N) is 1. The van der Waals surface area contributed by atoms with Gasteiger partial charge in [0.1, 0.15) is 11.6 Å². The second-order valence-corrected chi connectivity index (χ2v) is 5.82. The Kier molecular flexibility index (Phi) is 6.03. The number of esters is 1. The normalized spacial score (nSPS) is 10.3. The maximum absolute atomic E-state index is 13.4. The third kappa shape index (κ3) is 4.67. The molecule has 0 aliphatic carbocycles. The van der Waals surface area contributed by atoms with Crippen LogP contribution in [0, 0.1) is 5.82 Å².